The molecule has 0 amide bonds. The zero-order chi connectivity index (χ0) is 40.0. The van der Waals surface area contributed by atoms with Crippen LogP contribution in [0.15, 0.2) is 17.9 Å². The number of likely N-dealkylation sites (N-methyl/N-ethyl adjacent to an activating group) is 1. The van der Waals surface area contributed by atoms with Gasteiger partial charge in [-0.3, -0.25) is 9.59 Å². The first kappa shape index (κ1) is 52.7. The van der Waals surface area contributed by atoms with E-state index in [9.17, 15) is 19.4 Å². The van der Waals surface area contributed by atoms with Crippen molar-refractivity contribution in [1.82, 2.24) is 0 Å². The van der Waals surface area contributed by atoms with Gasteiger partial charge in [-0.15, -0.1) is 5.73 Å². The number of carbonyl (C=O) groups is 2. The molecule has 10 heteroatoms. The number of rotatable bonds is 40. The highest BCUT2D eigenvalue weighted by atomic mass is 31.2. The molecule has 0 saturated heterocycles. The van der Waals surface area contributed by atoms with Crippen molar-refractivity contribution < 1.29 is 42.4 Å². The SMILES string of the molecule is CCCCCCCC=C=CCCCCCCCC(=O)O[C@H](COC(=O)CCCCCCCCCCCCCCCCC)CO[P+]([O-])(O)OCC[N+](C)(C)C. The fourth-order valence-electron chi connectivity index (χ4n) is 6.05. The molecule has 0 aliphatic carbocycles. The Labute approximate surface area is 333 Å². The maximum Gasteiger partial charge on any atom is 0.377 e. The zero-order valence-electron chi connectivity index (χ0n) is 35.8. The van der Waals surface area contributed by atoms with E-state index in [-0.39, 0.29) is 32.0 Å². The molecule has 0 spiro atoms. The molecular formula is C44H85NO8P+. The van der Waals surface area contributed by atoms with Crippen molar-refractivity contribution in [1.29, 1.82) is 0 Å². The van der Waals surface area contributed by atoms with E-state index in [2.05, 4.69) is 31.7 Å². The maximum absolute atomic E-state index is 12.7. The Morgan fingerprint density at radius 2 is 1.02 bits per heavy atom. The van der Waals surface area contributed by atoms with Gasteiger partial charge in [-0.05, 0) is 50.7 Å². The fourth-order valence-corrected chi connectivity index (χ4v) is 6.79. The van der Waals surface area contributed by atoms with Gasteiger partial charge in [0.25, 0.3) is 0 Å². The molecule has 0 saturated carbocycles. The molecule has 0 aromatic carbocycles. The van der Waals surface area contributed by atoms with E-state index in [0.29, 0.717) is 17.4 Å². The third-order valence-electron chi connectivity index (χ3n) is 9.57. The molecule has 0 aromatic rings. The summed E-state index contributed by atoms with van der Waals surface area (Å²) in [7, 11) is 1.47. The minimum absolute atomic E-state index is 0.0299. The highest BCUT2D eigenvalue weighted by Gasteiger charge is 2.31. The van der Waals surface area contributed by atoms with E-state index in [1.54, 1.807) is 0 Å². The second-order valence-corrected chi connectivity index (χ2v) is 17.6. The highest BCUT2D eigenvalue weighted by molar-refractivity contribution is 7.52. The van der Waals surface area contributed by atoms with E-state index in [1.807, 2.05) is 21.1 Å². The first-order valence-corrected chi connectivity index (χ1v) is 23.7. The largest absolute Gasteiger partial charge is 0.606 e. The van der Waals surface area contributed by atoms with Crippen molar-refractivity contribution in [2.75, 3.05) is 47.5 Å². The number of hydrogen-bond acceptors (Lipinski definition) is 8. The standard InChI is InChI=1S/C44H84NO8P/c1-6-8-10-12-14-16-18-20-22-24-26-28-30-32-34-36-43(46)50-40-42(41-52-54(48,49)51-39-38-45(3,4)5)53-44(47)37-35-33-31-29-27-25-23-21-19-17-15-13-11-9-7-2/h19,23,42H,6-18,20,22,24-41H2,1-5H3/p+1/t21?,42-/m1/s1. The van der Waals surface area contributed by atoms with Gasteiger partial charge < -0.3 is 18.9 Å². The number of phosphoric ester groups is 1. The molecule has 0 heterocycles. The van der Waals surface area contributed by atoms with E-state index >= 15 is 0 Å². The number of hydrogen-bond donors (Lipinski definition) is 1. The number of quaternary nitrogens is 1. The van der Waals surface area contributed by atoms with Crippen molar-refractivity contribution in [2.24, 2.45) is 0 Å². The topological polar surface area (TPSA) is 114 Å². The van der Waals surface area contributed by atoms with E-state index in [4.69, 9.17) is 18.5 Å². The fraction of sp³-hybridized carbons (Fsp3) is 0.886. The van der Waals surface area contributed by atoms with E-state index in [0.717, 1.165) is 57.8 Å². The van der Waals surface area contributed by atoms with Crippen LogP contribution < -0.4 is 4.89 Å². The molecule has 1 unspecified atom stereocenters. The molecule has 54 heavy (non-hydrogen) atoms. The van der Waals surface area contributed by atoms with Crippen molar-refractivity contribution in [2.45, 2.75) is 206 Å². The Balaban J connectivity index is 4.37. The summed E-state index contributed by atoms with van der Waals surface area (Å²) >= 11 is 0. The van der Waals surface area contributed by atoms with Gasteiger partial charge in [-0.25, -0.2) is 0 Å². The smallest absolute Gasteiger partial charge is 0.377 e. The second-order valence-electron chi connectivity index (χ2n) is 16.2. The van der Waals surface area contributed by atoms with Crippen LogP contribution in [0.4, 0.5) is 0 Å². The Morgan fingerprint density at radius 1 is 0.611 bits per heavy atom. The number of nitrogens with zero attached hydrogens (tertiary/aromatic N) is 1. The molecule has 2 atom stereocenters. The van der Waals surface area contributed by atoms with Crippen LogP contribution in [-0.4, -0.2) is 74.9 Å². The molecule has 0 radical (unpaired) electrons. The van der Waals surface area contributed by atoms with Crippen molar-refractivity contribution in [3.8, 4) is 0 Å². The molecular weight excluding hydrogens is 701 g/mol. The van der Waals surface area contributed by atoms with Crippen LogP contribution in [-0.2, 0) is 28.1 Å². The minimum atomic E-state index is -4.37. The van der Waals surface area contributed by atoms with Crippen LogP contribution in [0, 0.1) is 0 Å². The first-order chi connectivity index (χ1) is 26.0. The number of esters is 2. The van der Waals surface area contributed by atoms with Crippen molar-refractivity contribution in [3.05, 3.63) is 17.9 Å². The average molecular weight is 787 g/mol. The zero-order valence-corrected chi connectivity index (χ0v) is 36.7. The Bertz CT molecular complexity index is 932. The van der Waals surface area contributed by atoms with Crippen LogP contribution >= 0.6 is 8.17 Å². The lowest BCUT2D eigenvalue weighted by Crippen LogP contribution is -2.38. The number of phosphoric acid groups is 1. The number of ether oxygens (including phenoxy) is 2. The second kappa shape index (κ2) is 37.3. The maximum atomic E-state index is 12.7. The summed E-state index contributed by atoms with van der Waals surface area (Å²) in [4.78, 5) is 47.8. The Hall–Kier alpha value is -1.31. The molecule has 318 valence electrons. The summed E-state index contributed by atoms with van der Waals surface area (Å²) in [5, 5.41) is 0. The van der Waals surface area contributed by atoms with Crippen LogP contribution in [0.5, 0.6) is 0 Å². The van der Waals surface area contributed by atoms with Crippen molar-refractivity contribution >= 4 is 20.1 Å². The Morgan fingerprint density at radius 3 is 1.46 bits per heavy atom. The van der Waals surface area contributed by atoms with E-state index in [1.165, 1.54) is 109 Å². The van der Waals surface area contributed by atoms with Crippen LogP contribution in [0.2, 0.25) is 0 Å². The number of allylic oxidation sites excluding steroid dienone is 1. The summed E-state index contributed by atoms with van der Waals surface area (Å²) in [6.45, 7) is 4.40. The van der Waals surface area contributed by atoms with Crippen molar-refractivity contribution in [3.63, 3.8) is 0 Å². The number of unbranched alkanes of at least 4 members (excludes halogenated alkanes) is 24. The molecule has 0 aliphatic heterocycles. The molecule has 0 rings (SSSR count). The summed E-state index contributed by atoms with van der Waals surface area (Å²) in [6, 6.07) is 0. The average Bonchev–Trinajstić information content (AvgIpc) is 3.12. The molecule has 1 N–H and O–H groups in total. The molecule has 0 bridgehead atoms. The monoisotopic (exact) mass is 787 g/mol. The van der Waals surface area contributed by atoms with Gasteiger partial charge in [-0.2, -0.15) is 13.9 Å². The van der Waals surface area contributed by atoms with E-state index < -0.39 is 26.9 Å². The van der Waals surface area contributed by atoms with Crippen LogP contribution in [0.1, 0.15) is 200 Å². The Kier molecular flexibility index (Phi) is 36.4. The number of carbonyl (C=O) groups excluding carboxylic acids is 2. The van der Waals surface area contributed by atoms with Gasteiger partial charge in [0.15, 0.2) is 6.10 Å². The van der Waals surface area contributed by atoms with Crippen LogP contribution in [0.3, 0.4) is 0 Å². The summed E-state index contributed by atoms with van der Waals surface area (Å²) in [5.41, 5.74) is 3.30. The molecule has 0 aliphatic rings. The third kappa shape index (κ3) is 40.4. The van der Waals surface area contributed by atoms with Gasteiger partial charge in [0, 0.05) is 12.8 Å². The summed E-state index contributed by atoms with van der Waals surface area (Å²) < 4.78 is 21.8. The van der Waals surface area contributed by atoms with Gasteiger partial charge in [0.2, 0.25) is 0 Å². The molecule has 0 aromatic heterocycles. The molecule has 0 fully saturated rings. The summed E-state index contributed by atoms with van der Waals surface area (Å²) in [6.07, 6.45) is 36.0. The van der Waals surface area contributed by atoms with Gasteiger partial charge in [-0.1, -0.05) is 149 Å². The quantitative estimate of drug-likeness (QED) is 0.0215. The first-order valence-electron chi connectivity index (χ1n) is 22.2. The van der Waals surface area contributed by atoms with Gasteiger partial charge in [0.1, 0.15) is 26.4 Å². The van der Waals surface area contributed by atoms with Crippen LogP contribution in [0.25, 0.3) is 0 Å². The minimum Gasteiger partial charge on any atom is -0.606 e. The normalized spacial score (nSPS) is 13.2. The lowest BCUT2D eigenvalue weighted by molar-refractivity contribution is -0.870. The third-order valence-corrected chi connectivity index (χ3v) is 10.6. The predicted molar refractivity (Wildman–Crippen MR) is 223 cm³/mol. The molecule has 9 nitrogen and oxygen atoms in total. The lowest BCUT2D eigenvalue weighted by atomic mass is 10.0. The van der Waals surface area contributed by atoms with Gasteiger partial charge >= 0.3 is 20.1 Å². The predicted octanol–water partition coefficient (Wildman–Crippen LogP) is 11.3. The van der Waals surface area contributed by atoms with Gasteiger partial charge in [0.05, 0.1) is 21.1 Å². The highest BCUT2D eigenvalue weighted by Crippen LogP contribution is 2.47. The lowest BCUT2D eigenvalue weighted by Gasteiger charge is -2.26. The summed E-state index contributed by atoms with van der Waals surface area (Å²) in [5.74, 6) is -0.812.